The summed E-state index contributed by atoms with van der Waals surface area (Å²) in [5.41, 5.74) is -0.569. The number of anilines is 1. The molecule has 0 saturated carbocycles. The molecule has 1 amide bonds. The molecule has 0 spiro atoms. The highest BCUT2D eigenvalue weighted by Gasteiger charge is 2.32. The first-order chi connectivity index (χ1) is 7.99. The topological polar surface area (TPSA) is 80.5 Å². The van der Waals surface area contributed by atoms with E-state index in [1.807, 2.05) is 0 Å². The van der Waals surface area contributed by atoms with Crippen LogP contribution < -0.4 is 4.90 Å². The lowest BCUT2D eigenvalue weighted by Crippen LogP contribution is -2.25. The van der Waals surface area contributed by atoms with Crippen LogP contribution in [0.1, 0.15) is 6.42 Å². The van der Waals surface area contributed by atoms with Gasteiger partial charge in [0.05, 0.1) is 24.0 Å². The molecule has 0 atom stereocenters. The Labute approximate surface area is 94.8 Å². The predicted molar refractivity (Wildman–Crippen MR) is 55.0 cm³/mol. The summed E-state index contributed by atoms with van der Waals surface area (Å²) in [5, 5.41) is 10.7. The number of carbonyl (C=O) groups is 2. The number of halogens is 1. The summed E-state index contributed by atoms with van der Waals surface area (Å²) in [5.74, 6) is -1.59. The Morgan fingerprint density at radius 2 is 2.06 bits per heavy atom. The average Bonchev–Trinajstić information content (AvgIpc) is 2.57. The van der Waals surface area contributed by atoms with Crippen LogP contribution in [0.3, 0.4) is 0 Å². The number of ketones is 1. The van der Waals surface area contributed by atoms with Crippen molar-refractivity contribution in [2.75, 3.05) is 11.4 Å². The van der Waals surface area contributed by atoms with E-state index in [1.165, 1.54) is 0 Å². The second-order valence-corrected chi connectivity index (χ2v) is 3.59. The molecule has 1 aromatic rings. The Bertz CT molecular complexity index is 529. The quantitative estimate of drug-likeness (QED) is 0.438. The summed E-state index contributed by atoms with van der Waals surface area (Å²) in [6.45, 7) is -0.203. The van der Waals surface area contributed by atoms with Crippen LogP contribution in [0.2, 0.25) is 0 Å². The zero-order valence-electron chi connectivity index (χ0n) is 8.55. The van der Waals surface area contributed by atoms with Crippen LogP contribution in [-0.2, 0) is 9.59 Å². The molecule has 6 nitrogen and oxygen atoms in total. The van der Waals surface area contributed by atoms with E-state index < -0.39 is 22.3 Å². The summed E-state index contributed by atoms with van der Waals surface area (Å²) < 4.78 is 12.9. The van der Waals surface area contributed by atoms with Gasteiger partial charge < -0.3 is 0 Å². The highest BCUT2D eigenvalue weighted by atomic mass is 19.1. The molecule has 1 saturated heterocycles. The van der Waals surface area contributed by atoms with Gasteiger partial charge in [-0.1, -0.05) is 0 Å². The van der Waals surface area contributed by atoms with Gasteiger partial charge in [0.25, 0.3) is 5.69 Å². The normalized spacial score (nSPS) is 15.5. The van der Waals surface area contributed by atoms with Crippen LogP contribution in [0.4, 0.5) is 15.8 Å². The van der Waals surface area contributed by atoms with Gasteiger partial charge in [-0.25, -0.2) is 4.39 Å². The lowest BCUT2D eigenvalue weighted by atomic mass is 10.2. The molecule has 1 aliphatic rings. The standard InChI is InChI=1S/C10H7FN2O4/c11-6-1-2-8(9(3-6)13(16)17)12-5-7(14)4-10(12)15/h1-3H,4-5H2. The molecule has 17 heavy (non-hydrogen) atoms. The fourth-order valence-corrected chi connectivity index (χ4v) is 1.68. The fourth-order valence-electron chi connectivity index (χ4n) is 1.68. The first-order valence-electron chi connectivity index (χ1n) is 4.75. The molecule has 1 aliphatic heterocycles. The second kappa shape index (κ2) is 3.93. The highest BCUT2D eigenvalue weighted by Crippen LogP contribution is 2.31. The second-order valence-electron chi connectivity index (χ2n) is 3.59. The van der Waals surface area contributed by atoms with Crippen LogP contribution in [-0.4, -0.2) is 23.2 Å². The van der Waals surface area contributed by atoms with Gasteiger partial charge in [0.2, 0.25) is 5.91 Å². The average molecular weight is 238 g/mol. The van der Waals surface area contributed by atoms with E-state index in [-0.39, 0.29) is 24.4 Å². The van der Waals surface area contributed by atoms with Gasteiger partial charge in [-0.05, 0) is 12.1 Å². The lowest BCUT2D eigenvalue weighted by molar-refractivity contribution is -0.384. The monoisotopic (exact) mass is 238 g/mol. The van der Waals surface area contributed by atoms with Gasteiger partial charge in [-0.2, -0.15) is 0 Å². The first kappa shape index (κ1) is 11.2. The first-order valence-corrected chi connectivity index (χ1v) is 4.75. The van der Waals surface area contributed by atoms with E-state index in [2.05, 4.69) is 0 Å². The smallest absolute Gasteiger partial charge is 0.295 e. The Morgan fingerprint density at radius 1 is 1.35 bits per heavy atom. The number of benzene rings is 1. The molecule has 0 N–H and O–H groups in total. The van der Waals surface area contributed by atoms with E-state index in [4.69, 9.17) is 0 Å². The van der Waals surface area contributed by atoms with E-state index in [0.717, 1.165) is 23.1 Å². The summed E-state index contributed by atoms with van der Waals surface area (Å²) in [6, 6.07) is 2.87. The van der Waals surface area contributed by atoms with Gasteiger partial charge in [0.15, 0.2) is 5.78 Å². The van der Waals surface area contributed by atoms with Crippen molar-refractivity contribution < 1.29 is 18.9 Å². The summed E-state index contributed by atoms with van der Waals surface area (Å²) in [6.07, 6.45) is -0.269. The van der Waals surface area contributed by atoms with Crippen molar-refractivity contribution in [2.24, 2.45) is 0 Å². The molecule has 0 aromatic heterocycles. The number of hydrogen-bond donors (Lipinski definition) is 0. The van der Waals surface area contributed by atoms with Gasteiger partial charge in [0, 0.05) is 0 Å². The van der Waals surface area contributed by atoms with Crippen molar-refractivity contribution in [1.29, 1.82) is 0 Å². The zero-order valence-corrected chi connectivity index (χ0v) is 8.55. The van der Waals surface area contributed by atoms with Crippen molar-refractivity contribution in [3.63, 3.8) is 0 Å². The number of nitro groups is 1. The van der Waals surface area contributed by atoms with E-state index in [9.17, 15) is 24.1 Å². The highest BCUT2D eigenvalue weighted by molar-refractivity contribution is 6.15. The van der Waals surface area contributed by atoms with Gasteiger partial charge in [-0.3, -0.25) is 24.6 Å². The predicted octanol–water partition coefficient (Wildman–Crippen LogP) is 1.04. The zero-order chi connectivity index (χ0) is 12.6. The maximum Gasteiger partial charge on any atom is 0.295 e. The summed E-state index contributed by atoms with van der Waals surface area (Å²) in [4.78, 5) is 33.5. The number of rotatable bonds is 2. The van der Waals surface area contributed by atoms with Crippen LogP contribution in [0, 0.1) is 15.9 Å². The van der Waals surface area contributed by atoms with Gasteiger partial charge >= 0.3 is 0 Å². The number of nitrogens with zero attached hydrogens (tertiary/aromatic N) is 2. The Hall–Kier alpha value is -2.31. The molecule has 0 aliphatic carbocycles. The number of nitro benzene ring substituents is 1. The number of hydrogen-bond acceptors (Lipinski definition) is 4. The van der Waals surface area contributed by atoms with E-state index in [1.54, 1.807) is 0 Å². The molecule has 88 valence electrons. The van der Waals surface area contributed by atoms with E-state index in [0.29, 0.717) is 0 Å². The van der Waals surface area contributed by atoms with Crippen LogP contribution >= 0.6 is 0 Å². The van der Waals surface area contributed by atoms with Gasteiger partial charge in [0.1, 0.15) is 11.5 Å². The van der Waals surface area contributed by atoms with Crippen LogP contribution in [0.15, 0.2) is 18.2 Å². The summed E-state index contributed by atoms with van der Waals surface area (Å²) >= 11 is 0. The Kier molecular flexibility index (Phi) is 2.58. The third kappa shape index (κ3) is 1.99. The van der Waals surface area contributed by atoms with Gasteiger partial charge in [-0.15, -0.1) is 0 Å². The SMILES string of the molecule is O=C1CC(=O)N(c2ccc(F)cc2[N+](=O)[O-])C1. The van der Waals surface area contributed by atoms with Crippen molar-refractivity contribution >= 4 is 23.1 Å². The Balaban J connectivity index is 2.48. The van der Waals surface area contributed by atoms with Crippen molar-refractivity contribution in [3.8, 4) is 0 Å². The molecule has 1 fully saturated rings. The van der Waals surface area contributed by atoms with E-state index >= 15 is 0 Å². The number of Topliss-reactive ketones (excluding diaryl/α,β-unsaturated/α-hetero) is 1. The molecule has 0 bridgehead atoms. The molecule has 1 aromatic carbocycles. The minimum absolute atomic E-state index is 0.0488. The number of amides is 1. The maximum absolute atomic E-state index is 12.9. The maximum atomic E-state index is 12.9. The molecule has 0 unspecified atom stereocenters. The lowest BCUT2D eigenvalue weighted by Gasteiger charge is -2.14. The molecular formula is C10H7FN2O4. The summed E-state index contributed by atoms with van der Waals surface area (Å²) in [7, 11) is 0. The molecule has 2 rings (SSSR count). The molecule has 1 heterocycles. The van der Waals surface area contributed by atoms with Crippen LogP contribution in [0.25, 0.3) is 0 Å². The fraction of sp³-hybridized carbons (Fsp3) is 0.200. The minimum atomic E-state index is -0.783. The van der Waals surface area contributed by atoms with Crippen molar-refractivity contribution in [1.82, 2.24) is 0 Å². The third-order valence-electron chi connectivity index (χ3n) is 2.41. The number of carbonyl (C=O) groups excluding carboxylic acids is 2. The molecular weight excluding hydrogens is 231 g/mol. The molecule has 7 heteroatoms. The Morgan fingerprint density at radius 3 is 2.59 bits per heavy atom. The largest absolute Gasteiger partial charge is 0.299 e. The van der Waals surface area contributed by atoms with Crippen molar-refractivity contribution in [3.05, 3.63) is 34.1 Å². The van der Waals surface area contributed by atoms with Crippen LogP contribution in [0.5, 0.6) is 0 Å². The minimum Gasteiger partial charge on any atom is -0.299 e. The van der Waals surface area contributed by atoms with Crippen molar-refractivity contribution in [2.45, 2.75) is 6.42 Å². The molecule has 0 radical (unpaired) electrons. The third-order valence-corrected chi connectivity index (χ3v) is 2.41.